The number of nitrogens with zero attached hydrogens (tertiary/aromatic N) is 2. The molecule has 2 fully saturated rings. The fraction of sp³-hybridized carbons (Fsp3) is 0.429. The number of benzene rings is 1. The van der Waals surface area contributed by atoms with E-state index in [4.69, 9.17) is 9.15 Å². The second-order valence-corrected chi connectivity index (χ2v) is 9.85. The number of fused-ring (bicyclic) bond motifs is 1. The quantitative estimate of drug-likeness (QED) is 0.402. The lowest BCUT2D eigenvalue weighted by Gasteiger charge is -2.59. The number of carbonyl (C=O) groups is 1. The SMILES string of the molecule is O=C(Oc1ccc2c(c1)[C@@]13CCCC[C@H]1[C@@H](C2)N(CCc1ccco1)CC3)c1cccnc1. The number of aromatic nitrogens is 1. The summed E-state index contributed by atoms with van der Waals surface area (Å²) in [6, 6.07) is 14.5. The van der Waals surface area contributed by atoms with Crippen LogP contribution in [0.4, 0.5) is 0 Å². The van der Waals surface area contributed by atoms with Gasteiger partial charge >= 0.3 is 5.97 Å². The number of hydrogen-bond acceptors (Lipinski definition) is 5. The van der Waals surface area contributed by atoms with Gasteiger partial charge in [-0.25, -0.2) is 4.79 Å². The van der Waals surface area contributed by atoms with E-state index < -0.39 is 0 Å². The summed E-state index contributed by atoms with van der Waals surface area (Å²) >= 11 is 0. The summed E-state index contributed by atoms with van der Waals surface area (Å²) in [6.07, 6.45) is 13.4. The molecule has 1 saturated heterocycles. The van der Waals surface area contributed by atoms with E-state index in [9.17, 15) is 4.79 Å². The van der Waals surface area contributed by atoms with E-state index in [1.807, 2.05) is 12.1 Å². The minimum atomic E-state index is -0.345. The van der Waals surface area contributed by atoms with Crippen molar-refractivity contribution in [1.29, 1.82) is 0 Å². The third-order valence-electron chi connectivity index (χ3n) is 8.26. The normalized spacial score (nSPS) is 26.3. The molecule has 0 unspecified atom stereocenters. The molecule has 2 aromatic heterocycles. The first kappa shape index (κ1) is 20.7. The first-order chi connectivity index (χ1) is 16.2. The van der Waals surface area contributed by atoms with Crippen LogP contribution in [0.3, 0.4) is 0 Å². The summed E-state index contributed by atoms with van der Waals surface area (Å²) in [6.45, 7) is 2.18. The third kappa shape index (κ3) is 3.68. The van der Waals surface area contributed by atoms with Gasteiger partial charge in [0.2, 0.25) is 0 Å². The van der Waals surface area contributed by atoms with Gasteiger partial charge in [0.05, 0.1) is 11.8 Å². The number of pyridine rings is 1. The Kier molecular flexibility index (Phi) is 5.30. The molecule has 2 bridgehead atoms. The van der Waals surface area contributed by atoms with Crippen molar-refractivity contribution in [2.75, 3.05) is 13.1 Å². The van der Waals surface area contributed by atoms with Gasteiger partial charge in [0.15, 0.2) is 0 Å². The second kappa shape index (κ2) is 8.45. The molecule has 3 aliphatic rings. The number of rotatable bonds is 5. The summed E-state index contributed by atoms with van der Waals surface area (Å²) in [7, 11) is 0. The van der Waals surface area contributed by atoms with Gasteiger partial charge in [-0.15, -0.1) is 0 Å². The molecular weight excluding hydrogens is 412 g/mol. The van der Waals surface area contributed by atoms with E-state index in [0.717, 1.165) is 31.7 Å². The molecule has 170 valence electrons. The zero-order valence-electron chi connectivity index (χ0n) is 18.9. The van der Waals surface area contributed by atoms with Crippen LogP contribution in [0.1, 0.15) is 59.3 Å². The van der Waals surface area contributed by atoms with Crippen LogP contribution in [0, 0.1) is 5.92 Å². The van der Waals surface area contributed by atoms with Gasteiger partial charge in [0, 0.05) is 36.8 Å². The molecule has 3 atom stereocenters. The van der Waals surface area contributed by atoms with Crippen molar-refractivity contribution in [2.45, 2.75) is 56.4 Å². The number of esters is 1. The molecule has 0 spiro atoms. The molecule has 3 aromatic rings. The Morgan fingerprint density at radius 2 is 2.15 bits per heavy atom. The predicted molar refractivity (Wildman–Crippen MR) is 125 cm³/mol. The molecule has 5 heteroatoms. The van der Waals surface area contributed by atoms with Crippen LogP contribution in [-0.2, 0) is 18.3 Å². The van der Waals surface area contributed by atoms with E-state index in [2.05, 4.69) is 28.1 Å². The fourth-order valence-corrected chi connectivity index (χ4v) is 6.76. The van der Waals surface area contributed by atoms with E-state index in [1.165, 1.54) is 43.2 Å². The summed E-state index contributed by atoms with van der Waals surface area (Å²) in [5.74, 6) is 2.06. The van der Waals surface area contributed by atoms with Gasteiger partial charge in [-0.2, -0.15) is 0 Å². The molecule has 2 aliphatic carbocycles. The van der Waals surface area contributed by atoms with E-state index >= 15 is 0 Å². The molecule has 33 heavy (non-hydrogen) atoms. The van der Waals surface area contributed by atoms with Crippen molar-refractivity contribution in [1.82, 2.24) is 9.88 Å². The van der Waals surface area contributed by atoms with Crippen LogP contribution >= 0.6 is 0 Å². The lowest BCUT2D eigenvalue weighted by molar-refractivity contribution is -0.0112. The molecule has 3 heterocycles. The predicted octanol–water partition coefficient (Wildman–Crippen LogP) is 5.19. The summed E-state index contributed by atoms with van der Waals surface area (Å²) < 4.78 is 11.4. The summed E-state index contributed by atoms with van der Waals surface area (Å²) in [5, 5.41) is 0. The van der Waals surface area contributed by atoms with Crippen molar-refractivity contribution in [3.05, 3.63) is 83.6 Å². The Bertz CT molecular complexity index is 1130. The molecule has 1 aromatic carbocycles. The van der Waals surface area contributed by atoms with E-state index in [-0.39, 0.29) is 11.4 Å². The third-order valence-corrected chi connectivity index (χ3v) is 8.26. The van der Waals surface area contributed by atoms with Crippen molar-refractivity contribution >= 4 is 5.97 Å². The Labute approximate surface area is 194 Å². The maximum absolute atomic E-state index is 12.6. The van der Waals surface area contributed by atoms with Crippen molar-refractivity contribution in [3.63, 3.8) is 0 Å². The smallest absolute Gasteiger partial charge is 0.345 e. The van der Waals surface area contributed by atoms with Crippen LogP contribution in [0.5, 0.6) is 5.75 Å². The monoisotopic (exact) mass is 442 g/mol. The average Bonchev–Trinajstić information content (AvgIpc) is 3.38. The van der Waals surface area contributed by atoms with Crippen LogP contribution in [0.2, 0.25) is 0 Å². The second-order valence-electron chi connectivity index (χ2n) is 9.85. The highest BCUT2D eigenvalue weighted by atomic mass is 16.5. The maximum Gasteiger partial charge on any atom is 0.345 e. The Balaban J connectivity index is 1.28. The lowest BCUT2D eigenvalue weighted by Crippen LogP contribution is -2.61. The van der Waals surface area contributed by atoms with Gasteiger partial charge < -0.3 is 9.15 Å². The van der Waals surface area contributed by atoms with E-state index in [0.29, 0.717) is 23.3 Å². The number of furan rings is 1. The number of likely N-dealkylation sites (tertiary alicyclic amines) is 1. The molecule has 6 rings (SSSR count). The van der Waals surface area contributed by atoms with Crippen LogP contribution in [0.15, 0.2) is 65.5 Å². The molecule has 0 radical (unpaired) electrons. The zero-order chi connectivity index (χ0) is 22.3. The number of carbonyl (C=O) groups excluding carboxylic acids is 1. The van der Waals surface area contributed by atoms with Gasteiger partial charge in [-0.05, 0) is 85.7 Å². The summed E-state index contributed by atoms with van der Waals surface area (Å²) in [4.78, 5) is 19.4. The highest BCUT2D eigenvalue weighted by Crippen LogP contribution is 2.56. The van der Waals surface area contributed by atoms with Crippen molar-refractivity contribution in [2.24, 2.45) is 5.92 Å². The summed E-state index contributed by atoms with van der Waals surface area (Å²) in [5.41, 5.74) is 3.57. The average molecular weight is 443 g/mol. The molecule has 1 saturated carbocycles. The standard InChI is InChI=1S/C28H30N2O3/c31-27(21-5-3-13-29-19-21)33-23-9-8-20-17-26-24-7-1-2-11-28(24,25(20)18-23)12-15-30(26)14-10-22-6-4-16-32-22/h3-6,8-9,13,16,18-19,24,26H,1-2,7,10-12,14-15,17H2/t24-,26+,28+/m0/s1. The first-order valence-corrected chi connectivity index (χ1v) is 12.2. The minimum absolute atomic E-state index is 0.217. The zero-order valence-corrected chi connectivity index (χ0v) is 18.9. The van der Waals surface area contributed by atoms with Gasteiger partial charge in [-0.1, -0.05) is 18.9 Å². The molecule has 0 N–H and O–H groups in total. The number of ether oxygens (including phenoxy) is 1. The molecular formula is C28H30N2O3. The number of hydrogen-bond donors (Lipinski definition) is 0. The number of piperidine rings is 1. The fourth-order valence-electron chi connectivity index (χ4n) is 6.76. The largest absolute Gasteiger partial charge is 0.469 e. The maximum atomic E-state index is 12.6. The van der Waals surface area contributed by atoms with Gasteiger partial charge in [0.1, 0.15) is 11.5 Å². The highest BCUT2D eigenvalue weighted by molar-refractivity contribution is 5.90. The molecule has 5 nitrogen and oxygen atoms in total. The minimum Gasteiger partial charge on any atom is -0.469 e. The van der Waals surface area contributed by atoms with Gasteiger partial charge in [0.25, 0.3) is 0 Å². The van der Waals surface area contributed by atoms with Crippen LogP contribution in [0.25, 0.3) is 0 Å². The Morgan fingerprint density at radius 3 is 3.00 bits per heavy atom. The molecule has 0 amide bonds. The van der Waals surface area contributed by atoms with Gasteiger partial charge in [-0.3, -0.25) is 9.88 Å². The first-order valence-electron chi connectivity index (χ1n) is 12.2. The van der Waals surface area contributed by atoms with Crippen LogP contribution in [-0.4, -0.2) is 35.0 Å². The van der Waals surface area contributed by atoms with Crippen molar-refractivity contribution in [3.8, 4) is 5.75 Å². The highest BCUT2D eigenvalue weighted by Gasteiger charge is 2.53. The Morgan fingerprint density at radius 1 is 1.18 bits per heavy atom. The van der Waals surface area contributed by atoms with Crippen LogP contribution < -0.4 is 4.74 Å². The topological polar surface area (TPSA) is 55.6 Å². The van der Waals surface area contributed by atoms with E-state index in [1.54, 1.807) is 30.8 Å². The molecule has 1 aliphatic heterocycles. The Hall–Kier alpha value is -2.92. The lowest BCUT2D eigenvalue weighted by atomic mass is 9.52. The van der Waals surface area contributed by atoms with Crippen molar-refractivity contribution < 1.29 is 13.9 Å².